The zero-order valence-electron chi connectivity index (χ0n) is 22.3. The fourth-order valence-electron chi connectivity index (χ4n) is 4.29. The number of nitrogens with one attached hydrogen (secondary N) is 2. The van der Waals surface area contributed by atoms with Gasteiger partial charge in [0.1, 0.15) is 11.2 Å². The van der Waals surface area contributed by atoms with Gasteiger partial charge in [0.05, 0.1) is 20.3 Å². The Hall–Kier alpha value is -4.34. The Morgan fingerprint density at radius 3 is 2.39 bits per heavy atom. The fraction of sp³-hybridized carbons (Fsp3) is 0.357. The highest BCUT2D eigenvalue weighted by Gasteiger charge is 2.46. The topological polar surface area (TPSA) is 115 Å². The minimum atomic E-state index is -1.17. The molecule has 0 saturated heterocycles. The zero-order valence-corrected chi connectivity index (χ0v) is 22.3. The number of aryl methyl sites for hydroxylation is 1. The molecule has 0 saturated carbocycles. The normalized spacial score (nSPS) is 16.6. The molecule has 0 spiro atoms. The Bertz CT molecular complexity index is 1350. The predicted molar refractivity (Wildman–Crippen MR) is 141 cm³/mol. The summed E-state index contributed by atoms with van der Waals surface area (Å²) < 4.78 is 12.3. The molecule has 1 aliphatic heterocycles. The van der Waals surface area contributed by atoms with Gasteiger partial charge in [-0.3, -0.25) is 19.1 Å². The molecule has 4 rings (SSSR count). The summed E-state index contributed by atoms with van der Waals surface area (Å²) in [7, 11) is 3.14. The molecule has 10 nitrogen and oxygen atoms in total. The summed E-state index contributed by atoms with van der Waals surface area (Å²) in [5.41, 5.74) is 2.09. The number of amides is 3. The molecular formula is C28H33N5O5. The Balaban J connectivity index is 1.44. The predicted octanol–water partition coefficient (Wildman–Crippen LogP) is 2.69. The first-order chi connectivity index (χ1) is 18.2. The standard InChI is InChI=1S/C28H33N5O5/c1-6-38-23-12-11-20(13-24(23)37-5)16-29-25(34)21-14-22-26(35)32(4)28(3,17-33(22)31-21)27(36)30-15-19-9-7-18(2)8-10-19/h7-14H,6,15-17H2,1-5H3,(H,29,34)(H,30,36)/t28-/m0/s1. The number of rotatable bonds is 9. The lowest BCUT2D eigenvalue weighted by molar-refractivity contribution is -0.132. The summed E-state index contributed by atoms with van der Waals surface area (Å²) in [6.45, 7) is 6.79. The van der Waals surface area contributed by atoms with E-state index in [4.69, 9.17) is 9.47 Å². The number of hydrogen-bond acceptors (Lipinski definition) is 6. The molecule has 10 heteroatoms. The maximum absolute atomic E-state index is 13.2. The van der Waals surface area contributed by atoms with Gasteiger partial charge in [-0.25, -0.2) is 0 Å². The molecular weight excluding hydrogens is 486 g/mol. The molecule has 0 aliphatic carbocycles. The number of carbonyl (C=O) groups excluding carboxylic acids is 3. The Kier molecular flexibility index (Phi) is 7.70. The molecule has 1 atom stereocenters. The molecule has 0 bridgehead atoms. The number of methoxy groups -OCH3 is 1. The first-order valence-electron chi connectivity index (χ1n) is 12.4. The van der Waals surface area contributed by atoms with Gasteiger partial charge in [-0.05, 0) is 44.0 Å². The first kappa shape index (κ1) is 26.7. The highest BCUT2D eigenvalue weighted by Crippen LogP contribution is 2.28. The van der Waals surface area contributed by atoms with Crippen molar-refractivity contribution >= 4 is 17.7 Å². The van der Waals surface area contributed by atoms with Crippen LogP contribution in [0, 0.1) is 6.92 Å². The minimum absolute atomic E-state index is 0.101. The van der Waals surface area contributed by atoms with Crippen molar-refractivity contribution in [2.45, 2.75) is 45.9 Å². The van der Waals surface area contributed by atoms with E-state index in [0.29, 0.717) is 24.7 Å². The number of hydrogen-bond donors (Lipinski definition) is 2. The van der Waals surface area contributed by atoms with E-state index in [1.807, 2.05) is 44.2 Å². The van der Waals surface area contributed by atoms with Crippen LogP contribution < -0.4 is 20.1 Å². The largest absolute Gasteiger partial charge is 0.493 e. The Morgan fingerprint density at radius 2 is 1.71 bits per heavy atom. The fourth-order valence-corrected chi connectivity index (χ4v) is 4.29. The lowest BCUT2D eigenvalue weighted by Gasteiger charge is -2.40. The second-order valence-electron chi connectivity index (χ2n) is 9.48. The van der Waals surface area contributed by atoms with Gasteiger partial charge in [0.2, 0.25) is 5.91 Å². The van der Waals surface area contributed by atoms with Crippen LogP contribution in [0.4, 0.5) is 0 Å². The van der Waals surface area contributed by atoms with Gasteiger partial charge in [-0.15, -0.1) is 0 Å². The second kappa shape index (κ2) is 11.0. The lowest BCUT2D eigenvalue weighted by atomic mass is 9.95. The van der Waals surface area contributed by atoms with E-state index in [1.165, 1.54) is 15.6 Å². The molecule has 2 heterocycles. The van der Waals surface area contributed by atoms with Crippen LogP contribution in [-0.2, 0) is 24.4 Å². The molecule has 38 heavy (non-hydrogen) atoms. The van der Waals surface area contributed by atoms with Crippen molar-refractivity contribution in [3.05, 3.63) is 76.6 Å². The van der Waals surface area contributed by atoms with E-state index in [9.17, 15) is 14.4 Å². The van der Waals surface area contributed by atoms with Gasteiger partial charge in [0.15, 0.2) is 17.2 Å². The zero-order chi connectivity index (χ0) is 27.4. The van der Waals surface area contributed by atoms with Gasteiger partial charge in [0.25, 0.3) is 11.8 Å². The Morgan fingerprint density at radius 1 is 1.03 bits per heavy atom. The van der Waals surface area contributed by atoms with Crippen molar-refractivity contribution in [3.63, 3.8) is 0 Å². The van der Waals surface area contributed by atoms with E-state index in [1.54, 1.807) is 33.2 Å². The highest BCUT2D eigenvalue weighted by molar-refractivity contribution is 6.01. The number of ether oxygens (including phenoxy) is 2. The van der Waals surface area contributed by atoms with Gasteiger partial charge in [0, 0.05) is 26.2 Å². The van der Waals surface area contributed by atoms with Crippen LogP contribution in [0.25, 0.3) is 0 Å². The van der Waals surface area contributed by atoms with E-state index < -0.39 is 11.4 Å². The summed E-state index contributed by atoms with van der Waals surface area (Å²) in [6, 6.07) is 14.7. The van der Waals surface area contributed by atoms with Crippen LogP contribution >= 0.6 is 0 Å². The van der Waals surface area contributed by atoms with Crippen molar-refractivity contribution in [3.8, 4) is 11.5 Å². The van der Waals surface area contributed by atoms with E-state index >= 15 is 0 Å². The molecule has 200 valence electrons. The van der Waals surface area contributed by atoms with Crippen molar-refractivity contribution in [1.82, 2.24) is 25.3 Å². The third kappa shape index (κ3) is 5.34. The maximum atomic E-state index is 13.2. The molecule has 0 radical (unpaired) electrons. The van der Waals surface area contributed by atoms with Gasteiger partial charge in [-0.1, -0.05) is 35.9 Å². The van der Waals surface area contributed by atoms with Crippen LogP contribution in [0.5, 0.6) is 11.5 Å². The van der Waals surface area contributed by atoms with Crippen LogP contribution in [-0.4, -0.2) is 58.7 Å². The van der Waals surface area contributed by atoms with Gasteiger partial charge in [-0.2, -0.15) is 5.10 Å². The average molecular weight is 520 g/mol. The molecule has 2 N–H and O–H groups in total. The van der Waals surface area contributed by atoms with Crippen molar-refractivity contribution in [2.24, 2.45) is 0 Å². The third-order valence-electron chi connectivity index (χ3n) is 6.78. The minimum Gasteiger partial charge on any atom is -0.493 e. The number of aromatic nitrogens is 2. The summed E-state index contributed by atoms with van der Waals surface area (Å²) in [5, 5.41) is 10.1. The molecule has 0 fully saturated rings. The number of likely N-dealkylation sites (N-methyl/N-ethyl adjacent to an activating group) is 1. The molecule has 1 aromatic heterocycles. The van der Waals surface area contributed by atoms with Gasteiger partial charge < -0.3 is 25.0 Å². The summed E-state index contributed by atoms with van der Waals surface area (Å²) in [6.07, 6.45) is 0. The van der Waals surface area contributed by atoms with Crippen molar-refractivity contribution in [1.29, 1.82) is 0 Å². The smallest absolute Gasteiger partial charge is 0.272 e. The summed E-state index contributed by atoms with van der Waals surface area (Å²) >= 11 is 0. The molecule has 1 aliphatic rings. The number of nitrogens with zero attached hydrogens (tertiary/aromatic N) is 3. The Labute approximate surface area is 221 Å². The van der Waals surface area contributed by atoms with Crippen molar-refractivity contribution in [2.75, 3.05) is 20.8 Å². The molecule has 2 aromatic carbocycles. The summed E-state index contributed by atoms with van der Waals surface area (Å²) in [5.74, 6) is 0.0864. The molecule has 3 aromatic rings. The SMILES string of the molecule is CCOc1ccc(CNC(=O)c2cc3n(n2)C[C@@](C)(C(=O)NCc2ccc(C)cc2)N(C)C3=O)cc1OC. The van der Waals surface area contributed by atoms with E-state index in [-0.39, 0.29) is 36.3 Å². The summed E-state index contributed by atoms with van der Waals surface area (Å²) in [4.78, 5) is 40.6. The number of carbonyl (C=O) groups is 3. The second-order valence-corrected chi connectivity index (χ2v) is 9.48. The molecule has 0 unspecified atom stereocenters. The molecule has 3 amide bonds. The lowest BCUT2D eigenvalue weighted by Crippen LogP contribution is -2.62. The van der Waals surface area contributed by atoms with Crippen LogP contribution in [0.2, 0.25) is 0 Å². The monoisotopic (exact) mass is 519 g/mol. The van der Waals surface area contributed by atoms with Crippen LogP contribution in [0.1, 0.15) is 51.5 Å². The maximum Gasteiger partial charge on any atom is 0.272 e. The van der Waals surface area contributed by atoms with E-state index in [2.05, 4.69) is 15.7 Å². The first-order valence-corrected chi connectivity index (χ1v) is 12.4. The average Bonchev–Trinajstić information content (AvgIpc) is 3.34. The quantitative estimate of drug-likeness (QED) is 0.449. The van der Waals surface area contributed by atoms with Crippen LogP contribution in [0.15, 0.2) is 48.5 Å². The van der Waals surface area contributed by atoms with Crippen LogP contribution in [0.3, 0.4) is 0 Å². The van der Waals surface area contributed by atoms with Gasteiger partial charge >= 0.3 is 0 Å². The third-order valence-corrected chi connectivity index (χ3v) is 6.78. The number of fused-ring (bicyclic) bond motifs is 1. The highest BCUT2D eigenvalue weighted by atomic mass is 16.5. The van der Waals surface area contributed by atoms with E-state index in [0.717, 1.165) is 16.7 Å². The van der Waals surface area contributed by atoms with Crippen molar-refractivity contribution < 1.29 is 23.9 Å². The number of benzene rings is 2.